The van der Waals surface area contributed by atoms with Crippen molar-refractivity contribution in [3.05, 3.63) is 0 Å². The Morgan fingerprint density at radius 2 is 1.69 bits per heavy atom. The fourth-order valence-electron chi connectivity index (χ4n) is 5.40. The minimum absolute atomic E-state index is 0. The highest BCUT2D eigenvalue weighted by molar-refractivity contribution is 5.85. The molecule has 4 aliphatic rings. The zero-order chi connectivity index (χ0) is 17.3. The van der Waals surface area contributed by atoms with E-state index in [2.05, 4.69) is 15.5 Å². The smallest absolute Gasteiger partial charge is 0.226 e. The molecule has 26 heavy (non-hydrogen) atoms. The van der Waals surface area contributed by atoms with Gasteiger partial charge < -0.3 is 15.5 Å². The van der Waals surface area contributed by atoms with Gasteiger partial charge in [-0.2, -0.15) is 0 Å². The van der Waals surface area contributed by atoms with Gasteiger partial charge in [0.15, 0.2) is 0 Å². The molecule has 6 heteroatoms. The second-order valence-corrected chi connectivity index (χ2v) is 8.89. The molecule has 2 heterocycles. The van der Waals surface area contributed by atoms with Crippen molar-refractivity contribution in [1.82, 2.24) is 15.5 Å². The quantitative estimate of drug-likeness (QED) is 0.784. The van der Waals surface area contributed by atoms with Crippen molar-refractivity contribution in [2.75, 3.05) is 26.2 Å². The number of nitrogens with zero attached hydrogens (tertiary/aromatic N) is 1. The maximum Gasteiger partial charge on any atom is 0.226 e. The Labute approximate surface area is 163 Å². The molecule has 0 aromatic heterocycles. The fraction of sp³-hybridized carbons (Fsp3) is 0.900. The number of hydrogen-bond donors (Lipinski definition) is 2. The summed E-state index contributed by atoms with van der Waals surface area (Å²) in [5.41, 5.74) is 0.328. The number of piperidine rings is 2. The second kappa shape index (κ2) is 8.47. The highest BCUT2D eigenvalue weighted by atomic mass is 35.5. The Kier molecular flexibility index (Phi) is 6.50. The van der Waals surface area contributed by atoms with Crippen LogP contribution in [-0.4, -0.2) is 48.9 Å². The van der Waals surface area contributed by atoms with Crippen molar-refractivity contribution >= 4 is 24.2 Å². The molecular weight excluding hydrogens is 350 g/mol. The highest BCUT2D eigenvalue weighted by Gasteiger charge is 2.58. The number of hydrogen-bond acceptors (Lipinski definition) is 3. The van der Waals surface area contributed by atoms with Gasteiger partial charge in [0, 0.05) is 31.5 Å². The third-order valence-electron chi connectivity index (χ3n) is 7.21. The van der Waals surface area contributed by atoms with Gasteiger partial charge in [0.2, 0.25) is 11.8 Å². The molecule has 2 N–H and O–H groups in total. The summed E-state index contributed by atoms with van der Waals surface area (Å²) in [6.07, 6.45) is 11.0. The molecule has 4 fully saturated rings. The normalized spacial score (nSPS) is 28.6. The first-order valence-electron chi connectivity index (χ1n) is 10.5. The molecule has 4 rings (SSSR count). The van der Waals surface area contributed by atoms with Crippen LogP contribution in [0.15, 0.2) is 0 Å². The molecule has 1 atom stereocenters. The van der Waals surface area contributed by atoms with Crippen LogP contribution in [0.25, 0.3) is 0 Å². The molecule has 1 spiro atoms. The van der Waals surface area contributed by atoms with Crippen LogP contribution in [-0.2, 0) is 9.59 Å². The van der Waals surface area contributed by atoms with Crippen LogP contribution in [0.1, 0.15) is 64.2 Å². The molecule has 2 saturated carbocycles. The molecule has 0 aromatic carbocycles. The molecule has 0 aromatic rings. The van der Waals surface area contributed by atoms with Crippen molar-refractivity contribution in [2.45, 2.75) is 70.3 Å². The Hall–Kier alpha value is -0.810. The molecule has 2 aliphatic heterocycles. The zero-order valence-corrected chi connectivity index (χ0v) is 16.6. The highest BCUT2D eigenvalue weighted by Crippen LogP contribution is 2.59. The van der Waals surface area contributed by atoms with Gasteiger partial charge in [-0.15, -0.1) is 12.4 Å². The number of nitrogens with one attached hydrogen (secondary N) is 2. The van der Waals surface area contributed by atoms with Crippen molar-refractivity contribution in [2.24, 2.45) is 17.3 Å². The van der Waals surface area contributed by atoms with E-state index in [0.717, 1.165) is 58.3 Å². The van der Waals surface area contributed by atoms with Gasteiger partial charge in [0.05, 0.1) is 0 Å². The van der Waals surface area contributed by atoms with E-state index in [1.54, 1.807) is 0 Å². The van der Waals surface area contributed by atoms with Gasteiger partial charge >= 0.3 is 0 Å². The molecule has 0 radical (unpaired) electrons. The summed E-state index contributed by atoms with van der Waals surface area (Å²) >= 11 is 0. The van der Waals surface area contributed by atoms with E-state index in [1.165, 1.54) is 25.7 Å². The number of likely N-dealkylation sites (tertiary alicyclic amines) is 1. The van der Waals surface area contributed by atoms with E-state index >= 15 is 0 Å². The van der Waals surface area contributed by atoms with E-state index in [9.17, 15) is 9.59 Å². The number of rotatable bonds is 4. The van der Waals surface area contributed by atoms with Crippen molar-refractivity contribution in [3.63, 3.8) is 0 Å². The molecule has 1 unspecified atom stereocenters. The average molecular weight is 384 g/mol. The molecular formula is C20H34ClN3O2. The molecule has 148 valence electrons. The third kappa shape index (κ3) is 4.36. The maximum absolute atomic E-state index is 12.8. The topological polar surface area (TPSA) is 61.4 Å². The summed E-state index contributed by atoms with van der Waals surface area (Å²) in [6.45, 7) is 3.77. The molecule has 2 amide bonds. The first-order valence-corrected chi connectivity index (χ1v) is 10.5. The summed E-state index contributed by atoms with van der Waals surface area (Å²) in [7, 11) is 0. The maximum atomic E-state index is 12.8. The Balaban J connectivity index is 0.00000196. The molecule has 5 nitrogen and oxygen atoms in total. The van der Waals surface area contributed by atoms with Crippen molar-refractivity contribution < 1.29 is 9.59 Å². The van der Waals surface area contributed by atoms with Gasteiger partial charge in [-0.25, -0.2) is 0 Å². The predicted molar refractivity (Wildman–Crippen MR) is 104 cm³/mol. The third-order valence-corrected chi connectivity index (χ3v) is 7.21. The van der Waals surface area contributed by atoms with Gasteiger partial charge in [-0.1, -0.05) is 12.8 Å². The van der Waals surface area contributed by atoms with Gasteiger partial charge in [-0.05, 0) is 69.4 Å². The minimum Gasteiger partial charge on any atom is -0.353 e. The summed E-state index contributed by atoms with van der Waals surface area (Å²) in [5.74, 6) is 1.51. The first kappa shape index (κ1) is 19.9. The molecule has 2 aliphatic carbocycles. The SMILES string of the molecule is Cl.O=C(CC1CCCC1)NC1CCN(C(=O)C2CC23CCNCC3)CC1. The van der Waals surface area contributed by atoms with Crippen LogP contribution in [0.2, 0.25) is 0 Å². The van der Waals surface area contributed by atoms with Gasteiger partial charge in [-0.3, -0.25) is 9.59 Å². The number of carbonyl (C=O) groups excluding carboxylic acids is 2. The average Bonchev–Trinajstić information content (AvgIpc) is 3.05. The summed E-state index contributed by atoms with van der Waals surface area (Å²) in [5, 5.41) is 6.63. The number of amides is 2. The predicted octanol–water partition coefficient (Wildman–Crippen LogP) is 2.49. The fourth-order valence-corrected chi connectivity index (χ4v) is 5.40. The van der Waals surface area contributed by atoms with E-state index in [0.29, 0.717) is 23.7 Å². The van der Waals surface area contributed by atoms with Gasteiger partial charge in [0.25, 0.3) is 0 Å². The first-order chi connectivity index (χ1) is 12.2. The van der Waals surface area contributed by atoms with E-state index in [4.69, 9.17) is 0 Å². The Morgan fingerprint density at radius 3 is 2.35 bits per heavy atom. The summed E-state index contributed by atoms with van der Waals surface area (Å²) in [4.78, 5) is 27.1. The number of carbonyl (C=O) groups is 2. The molecule has 0 bridgehead atoms. The van der Waals surface area contributed by atoms with Crippen LogP contribution < -0.4 is 10.6 Å². The lowest BCUT2D eigenvalue weighted by atomic mass is 9.91. The lowest BCUT2D eigenvalue weighted by molar-refractivity contribution is -0.134. The summed E-state index contributed by atoms with van der Waals surface area (Å²) < 4.78 is 0. The van der Waals surface area contributed by atoms with Crippen LogP contribution in [0.4, 0.5) is 0 Å². The van der Waals surface area contributed by atoms with Gasteiger partial charge in [0.1, 0.15) is 0 Å². The van der Waals surface area contributed by atoms with E-state index in [-0.39, 0.29) is 30.3 Å². The molecule has 2 saturated heterocycles. The lowest BCUT2D eigenvalue weighted by Gasteiger charge is -2.33. The van der Waals surface area contributed by atoms with Crippen LogP contribution >= 0.6 is 12.4 Å². The van der Waals surface area contributed by atoms with E-state index < -0.39 is 0 Å². The van der Waals surface area contributed by atoms with Crippen LogP contribution in [0.3, 0.4) is 0 Å². The van der Waals surface area contributed by atoms with E-state index in [1.807, 2.05) is 0 Å². The van der Waals surface area contributed by atoms with Crippen LogP contribution in [0.5, 0.6) is 0 Å². The largest absolute Gasteiger partial charge is 0.353 e. The standard InChI is InChI=1S/C20H33N3O2.ClH/c24-18(13-15-3-1-2-4-15)22-16-5-11-23(12-6-16)19(25)17-14-20(17)7-9-21-10-8-20;/h15-17,21H,1-14H2,(H,22,24);1H. The Bertz CT molecular complexity index is 507. The minimum atomic E-state index is 0. The zero-order valence-electron chi connectivity index (χ0n) is 15.8. The summed E-state index contributed by atoms with van der Waals surface area (Å²) in [6, 6.07) is 0.269. The second-order valence-electron chi connectivity index (χ2n) is 8.89. The lowest BCUT2D eigenvalue weighted by Crippen LogP contribution is -2.47. The van der Waals surface area contributed by atoms with Crippen molar-refractivity contribution in [3.8, 4) is 0 Å². The number of halogens is 1. The monoisotopic (exact) mass is 383 g/mol. The van der Waals surface area contributed by atoms with Crippen molar-refractivity contribution in [1.29, 1.82) is 0 Å². The van der Waals surface area contributed by atoms with Crippen LogP contribution in [0, 0.1) is 17.3 Å². The Morgan fingerprint density at radius 1 is 1.04 bits per heavy atom.